The first-order chi connectivity index (χ1) is 9.16. The lowest BCUT2D eigenvalue weighted by molar-refractivity contribution is 0.101. The second kappa shape index (κ2) is 6.19. The van der Waals surface area contributed by atoms with E-state index in [-0.39, 0.29) is 5.78 Å². The Labute approximate surface area is 114 Å². The van der Waals surface area contributed by atoms with E-state index in [0.717, 1.165) is 19.3 Å². The summed E-state index contributed by atoms with van der Waals surface area (Å²) < 4.78 is 0. The Hall–Kier alpha value is -2.09. The van der Waals surface area contributed by atoms with E-state index >= 15 is 0 Å². The number of Topliss-reactive ketones (excluding diaryl/α,β-unsaturated/α-hetero) is 1. The van der Waals surface area contributed by atoms with Gasteiger partial charge in [-0.2, -0.15) is 0 Å². The highest BCUT2D eigenvalue weighted by molar-refractivity contribution is 5.99. The summed E-state index contributed by atoms with van der Waals surface area (Å²) in [6, 6.07) is 16.2. The first kappa shape index (κ1) is 13.3. The zero-order chi connectivity index (χ0) is 13.7. The first-order valence-electron chi connectivity index (χ1n) is 6.60. The molecule has 0 atom stereocenters. The van der Waals surface area contributed by atoms with Gasteiger partial charge >= 0.3 is 0 Å². The molecule has 0 unspecified atom stereocenters. The molecule has 2 nitrogen and oxygen atoms in total. The fourth-order valence-electron chi connectivity index (χ4n) is 2.23. The second-order valence-corrected chi connectivity index (χ2v) is 4.82. The molecule has 2 rings (SSSR count). The number of rotatable bonds is 5. The van der Waals surface area contributed by atoms with Crippen LogP contribution in [0.25, 0.3) is 0 Å². The molecule has 2 aromatic carbocycles. The van der Waals surface area contributed by atoms with E-state index in [9.17, 15) is 4.79 Å². The minimum atomic E-state index is 0.0216. The molecule has 98 valence electrons. The number of hydrogen-bond acceptors (Lipinski definition) is 2. The Morgan fingerprint density at radius 1 is 1.00 bits per heavy atom. The Morgan fingerprint density at radius 2 is 1.68 bits per heavy atom. The lowest BCUT2D eigenvalue weighted by Crippen LogP contribution is -2.01. The summed E-state index contributed by atoms with van der Waals surface area (Å²) in [5, 5.41) is 0. The van der Waals surface area contributed by atoms with E-state index in [1.807, 2.05) is 24.3 Å². The molecule has 0 aromatic heterocycles. The number of nitrogens with two attached hydrogens (primary N) is 1. The van der Waals surface area contributed by atoms with Gasteiger partial charge in [0.1, 0.15) is 0 Å². The number of carbonyl (C=O) groups is 1. The molecular weight excluding hydrogens is 234 g/mol. The van der Waals surface area contributed by atoms with Crippen LogP contribution in [0.2, 0.25) is 0 Å². The van der Waals surface area contributed by atoms with Crippen molar-refractivity contribution in [3.8, 4) is 0 Å². The number of benzene rings is 2. The standard InChI is InChI=1S/C17H19NO/c1-13(19)16-11-10-15(12-17(16)18)9-5-8-14-6-3-2-4-7-14/h2-4,6-7,10-12H,5,8-9,18H2,1H3. The van der Waals surface area contributed by atoms with Crippen LogP contribution >= 0.6 is 0 Å². The summed E-state index contributed by atoms with van der Waals surface area (Å²) in [5.74, 6) is 0.0216. The van der Waals surface area contributed by atoms with Crippen LogP contribution in [-0.4, -0.2) is 5.78 Å². The maximum absolute atomic E-state index is 11.3. The quantitative estimate of drug-likeness (QED) is 0.653. The topological polar surface area (TPSA) is 43.1 Å². The van der Waals surface area contributed by atoms with Crippen molar-refractivity contribution >= 4 is 11.5 Å². The summed E-state index contributed by atoms with van der Waals surface area (Å²) >= 11 is 0. The molecule has 0 saturated heterocycles. The third kappa shape index (κ3) is 3.68. The largest absolute Gasteiger partial charge is 0.398 e. The molecule has 0 spiro atoms. The Balaban J connectivity index is 1.93. The fraction of sp³-hybridized carbons (Fsp3) is 0.235. The normalized spacial score (nSPS) is 10.4. The summed E-state index contributed by atoms with van der Waals surface area (Å²) in [4.78, 5) is 11.3. The minimum Gasteiger partial charge on any atom is -0.398 e. The SMILES string of the molecule is CC(=O)c1ccc(CCCc2ccccc2)cc1N. The van der Waals surface area contributed by atoms with Gasteiger partial charge in [-0.05, 0) is 49.4 Å². The number of carbonyl (C=O) groups excluding carboxylic acids is 1. The van der Waals surface area contributed by atoms with Gasteiger partial charge in [0.05, 0.1) is 0 Å². The molecule has 0 radical (unpaired) electrons. The smallest absolute Gasteiger partial charge is 0.161 e. The van der Waals surface area contributed by atoms with Crippen LogP contribution in [0.4, 0.5) is 5.69 Å². The van der Waals surface area contributed by atoms with Crippen molar-refractivity contribution in [1.29, 1.82) is 0 Å². The van der Waals surface area contributed by atoms with Gasteiger partial charge in [0.25, 0.3) is 0 Å². The Morgan fingerprint density at radius 3 is 2.32 bits per heavy atom. The van der Waals surface area contributed by atoms with E-state index in [0.29, 0.717) is 11.3 Å². The van der Waals surface area contributed by atoms with Gasteiger partial charge in [-0.1, -0.05) is 36.4 Å². The first-order valence-corrected chi connectivity index (χ1v) is 6.60. The molecule has 0 aliphatic carbocycles. The highest BCUT2D eigenvalue weighted by Gasteiger charge is 2.05. The predicted octanol–water partition coefficient (Wildman–Crippen LogP) is 3.65. The van der Waals surface area contributed by atoms with Gasteiger partial charge in [-0.25, -0.2) is 0 Å². The zero-order valence-electron chi connectivity index (χ0n) is 11.2. The Bertz CT molecular complexity index is 561. The summed E-state index contributed by atoms with van der Waals surface area (Å²) in [7, 11) is 0. The minimum absolute atomic E-state index is 0.0216. The molecular formula is C17H19NO. The van der Waals surface area contributed by atoms with Crippen molar-refractivity contribution in [3.05, 3.63) is 65.2 Å². The maximum atomic E-state index is 11.3. The van der Waals surface area contributed by atoms with Crippen molar-refractivity contribution < 1.29 is 4.79 Å². The lowest BCUT2D eigenvalue weighted by Gasteiger charge is -2.06. The lowest BCUT2D eigenvalue weighted by atomic mass is 10.0. The van der Waals surface area contributed by atoms with Crippen molar-refractivity contribution in [2.24, 2.45) is 0 Å². The summed E-state index contributed by atoms with van der Waals surface area (Å²) in [6.07, 6.45) is 3.13. The van der Waals surface area contributed by atoms with Gasteiger partial charge in [0.15, 0.2) is 5.78 Å². The third-order valence-electron chi connectivity index (χ3n) is 3.27. The van der Waals surface area contributed by atoms with E-state index in [1.165, 1.54) is 11.1 Å². The Kier molecular flexibility index (Phi) is 4.35. The van der Waals surface area contributed by atoms with Gasteiger partial charge in [0, 0.05) is 11.3 Å². The number of ketones is 1. The van der Waals surface area contributed by atoms with Crippen LogP contribution < -0.4 is 5.73 Å². The number of anilines is 1. The van der Waals surface area contributed by atoms with Gasteiger partial charge < -0.3 is 5.73 Å². The second-order valence-electron chi connectivity index (χ2n) is 4.82. The fourth-order valence-corrected chi connectivity index (χ4v) is 2.23. The van der Waals surface area contributed by atoms with Crippen LogP contribution in [0.3, 0.4) is 0 Å². The molecule has 0 bridgehead atoms. The number of aryl methyl sites for hydroxylation is 2. The molecule has 0 heterocycles. The summed E-state index contributed by atoms with van der Waals surface area (Å²) in [5.41, 5.74) is 9.64. The highest BCUT2D eigenvalue weighted by Crippen LogP contribution is 2.17. The van der Waals surface area contributed by atoms with Crippen molar-refractivity contribution in [1.82, 2.24) is 0 Å². The number of hydrogen-bond donors (Lipinski definition) is 1. The van der Waals surface area contributed by atoms with Gasteiger partial charge in [-0.3, -0.25) is 4.79 Å². The van der Waals surface area contributed by atoms with E-state index in [1.54, 1.807) is 6.92 Å². The molecule has 19 heavy (non-hydrogen) atoms. The maximum Gasteiger partial charge on any atom is 0.161 e. The summed E-state index contributed by atoms with van der Waals surface area (Å²) in [6.45, 7) is 1.54. The van der Waals surface area contributed by atoms with Crippen molar-refractivity contribution in [3.63, 3.8) is 0 Å². The monoisotopic (exact) mass is 253 g/mol. The van der Waals surface area contributed by atoms with Crippen LogP contribution in [0.1, 0.15) is 34.8 Å². The molecule has 0 fully saturated rings. The van der Waals surface area contributed by atoms with E-state index < -0.39 is 0 Å². The van der Waals surface area contributed by atoms with Crippen molar-refractivity contribution in [2.75, 3.05) is 5.73 Å². The van der Waals surface area contributed by atoms with Gasteiger partial charge in [-0.15, -0.1) is 0 Å². The highest BCUT2D eigenvalue weighted by atomic mass is 16.1. The van der Waals surface area contributed by atoms with E-state index in [4.69, 9.17) is 5.73 Å². The van der Waals surface area contributed by atoms with Crippen molar-refractivity contribution in [2.45, 2.75) is 26.2 Å². The number of nitrogen functional groups attached to an aromatic ring is 1. The predicted molar refractivity (Wildman–Crippen MR) is 79.3 cm³/mol. The third-order valence-corrected chi connectivity index (χ3v) is 3.27. The van der Waals surface area contributed by atoms with Crippen LogP contribution in [0.15, 0.2) is 48.5 Å². The average molecular weight is 253 g/mol. The average Bonchev–Trinajstić information content (AvgIpc) is 2.39. The van der Waals surface area contributed by atoms with E-state index in [2.05, 4.69) is 24.3 Å². The van der Waals surface area contributed by atoms with Gasteiger partial charge in [0.2, 0.25) is 0 Å². The zero-order valence-corrected chi connectivity index (χ0v) is 11.2. The molecule has 2 heteroatoms. The molecule has 0 aliphatic rings. The molecule has 0 aliphatic heterocycles. The molecule has 0 amide bonds. The van der Waals surface area contributed by atoms with Crippen LogP contribution in [0, 0.1) is 0 Å². The molecule has 2 N–H and O–H groups in total. The molecule has 0 saturated carbocycles. The van der Waals surface area contributed by atoms with Crippen LogP contribution in [-0.2, 0) is 12.8 Å². The molecule has 2 aromatic rings. The van der Waals surface area contributed by atoms with Crippen LogP contribution in [0.5, 0.6) is 0 Å².